The van der Waals surface area contributed by atoms with Crippen LogP contribution in [-0.2, 0) is 9.47 Å². The van der Waals surface area contributed by atoms with Crippen LogP contribution in [0.25, 0.3) is 0 Å². The molecule has 0 rings (SSSR count). The quantitative estimate of drug-likeness (QED) is 0.569. The third-order valence-corrected chi connectivity index (χ3v) is 1.81. The molecule has 0 amide bonds. The largest absolute Gasteiger partial charge is 0.385 e. The monoisotopic (exact) mass is 185 g/mol. The highest BCUT2D eigenvalue weighted by Gasteiger charge is 2.15. The maximum atomic E-state index is 8.71. The average molecular weight is 185 g/mol. The highest BCUT2D eigenvalue weighted by Crippen LogP contribution is 2.17. The fourth-order valence-electron chi connectivity index (χ4n) is 0.791. The fraction of sp³-hybridized carbons (Fsp3) is 0.900. The van der Waals surface area contributed by atoms with Crippen LogP contribution in [0.5, 0.6) is 0 Å². The molecule has 0 unspecified atom stereocenters. The lowest BCUT2D eigenvalue weighted by molar-refractivity contribution is 0.0905. The van der Waals surface area contributed by atoms with E-state index in [1.54, 1.807) is 7.11 Å². The standard InChI is InChI=1S/C10H19NO2/c1-10(2,9-11)5-8-13-7-4-6-12-3/h4-8H2,1-3H3. The summed E-state index contributed by atoms with van der Waals surface area (Å²) in [4.78, 5) is 0. The van der Waals surface area contributed by atoms with Gasteiger partial charge in [-0.25, -0.2) is 0 Å². The van der Waals surface area contributed by atoms with Gasteiger partial charge in [0, 0.05) is 26.9 Å². The summed E-state index contributed by atoms with van der Waals surface area (Å²) in [7, 11) is 1.68. The number of nitrogens with zero attached hydrogens (tertiary/aromatic N) is 1. The Morgan fingerprint density at radius 3 is 2.46 bits per heavy atom. The van der Waals surface area contributed by atoms with Crippen molar-refractivity contribution in [2.75, 3.05) is 26.9 Å². The molecule has 0 aromatic heterocycles. The fourth-order valence-corrected chi connectivity index (χ4v) is 0.791. The van der Waals surface area contributed by atoms with Gasteiger partial charge in [-0.15, -0.1) is 0 Å². The number of methoxy groups -OCH3 is 1. The van der Waals surface area contributed by atoms with Crippen molar-refractivity contribution in [3.05, 3.63) is 0 Å². The van der Waals surface area contributed by atoms with Gasteiger partial charge in [-0.05, 0) is 26.7 Å². The van der Waals surface area contributed by atoms with Crippen molar-refractivity contribution in [2.45, 2.75) is 26.7 Å². The molecule has 0 heterocycles. The van der Waals surface area contributed by atoms with E-state index in [0.717, 1.165) is 26.1 Å². The van der Waals surface area contributed by atoms with Gasteiger partial charge in [0.2, 0.25) is 0 Å². The molecular formula is C10H19NO2. The number of hydrogen-bond donors (Lipinski definition) is 0. The van der Waals surface area contributed by atoms with Gasteiger partial charge in [0.1, 0.15) is 0 Å². The summed E-state index contributed by atoms with van der Waals surface area (Å²) in [6.45, 7) is 5.96. The first-order chi connectivity index (χ1) is 6.12. The van der Waals surface area contributed by atoms with Crippen LogP contribution in [0.1, 0.15) is 26.7 Å². The second-order valence-corrected chi connectivity index (χ2v) is 3.70. The highest BCUT2D eigenvalue weighted by molar-refractivity contribution is 4.91. The van der Waals surface area contributed by atoms with Crippen molar-refractivity contribution in [3.8, 4) is 6.07 Å². The van der Waals surface area contributed by atoms with E-state index in [1.165, 1.54) is 0 Å². The van der Waals surface area contributed by atoms with E-state index in [1.807, 2.05) is 13.8 Å². The zero-order chi connectivity index (χ0) is 10.2. The maximum absolute atomic E-state index is 8.71. The van der Waals surface area contributed by atoms with Crippen molar-refractivity contribution in [3.63, 3.8) is 0 Å². The first-order valence-corrected chi connectivity index (χ1v) is 4.60. The normalized spacial score (nSPS) is 11.2. The lowest BCUT2D eigenvalue weighted by atomic mass is 9.92. The van der Waals surface area contributed by atoms with Gasteiger partial charge in [0.05, 0.1) is 11.5 Å². The lowest BCUT2D eigenvalue weighted by Crippen LogP contribution is -2.12. The van der Waals surface area contributed by atoms with Gasteiger partial charge in [-0.1, -0.05) is 0 Å². The number of rotatable bonds is 7. The van der Waals surface area contributed by atoms with Crippen molar-refractivity contribution in [1.82, 2.24) is 0 Å². The molecule has 0 radical (unpaired) electrons. The second kappa shape index (κ2) is 6.88. The Bertz CT molecular complexity index is 161. The Labute approximate surface area is 80.6 Å². The molecule has 0 aromatic rings. The lowest BCUT2D eigenvalue weighted by Gasteiger charge is -2.14. The minimum Gasteiger partial charge on any atom is -0.385 e. The smallest absolute Gasteiger partial charge is 0.0684 e. The van der Waals surface area contributed by atoms with Crippen LogP contribution < -0.4 is 0 Å². The summed E-state index contributed by atoms with van der Waals surface area (Å²) in [5, 5.41) is 8.71. The Kier molecular flexibility index (Phi) is 6.56. The summed E-state index contributed by atoms with van der Waals surface area (Å²) in [5.41, 5.74) is -0.263. The van der Waals surface area contributed by atoms with Crippen LogP contribution in [0.2, 0.25) is 0 Å². The SMILES string of the molecule is COCCCOCCC(C)(C)C#N. The van der Waals surface area contributed by atoms with Gasteiger partial charge in [-0.3, -0.25) is 0 Å². The number of ether oxygens (including phenoxy) is 2. The molecule has 0 aliphatic heterocycles. The topological polar surface area (TPSA) is 42.2 Å². The minimum absolute atomic E-state index is 0.263. The summed E-state index contributed by atoms with van der Waals surface area (Å²) in [5.74, 6) is 0. The zero-order valence-electron chi connectivity index (χ0n) is 8.80. The molecule has 0 spiro atoms. The molecule has 0 N–H and O–H groups in total. The zero-order valence-corrected chi connectivity index (χ0v) is 8.80. The Hall–Kier alpha value is -0.590. The summed E-state index contributed by atoms with van der Waals surface area (Å²) in [6.07, 6.45) is 1.71. The molecule has 0 aromatic carbocycles. The van der Waals surface area contributed by atoms with Crippen molar-refractivity contribution < 1.29 is 9.47 Å². The van der Waals surface area contributed by atoms with E-state index >= 15 is 0 Å². The van der Waals surface area contributed by atoms with E-state index in [9.17, 15) is 0 Å². The van der Waals surface area contributed by atoms with Crippen molar-refractivity contribution in [2.24, 2.45) is 5.41 Å². The van der Waals surface area contributed by atoms with E-state index in [0.29, 0.717) is 6.61 Å². The van der Waals surface area contributed by atoms with E-state index < -0.39 is 0 Å². The van der Waals surface area contributed by atoms with Crippen LogP contribution in [0.4, 0.5) is 0 Å². The molecule has 0 saturated heterocycles. The summed E-state index contributed by atoms with van der Waals surface area (Å²) < 4.78 is 10.2. The molecule has 0 bridgehead atoms. The molecule has 13 heavy (non-hydrogen) atoms. The molecule has 0 saturated carbocycles. The molecule has 0 aliphatic rings. The Morgan fingerprint density at radius 1 is 1.23 bits per heavy atom. The van der Waals surface area contributed by atoms with Crippen LogP contribution >= 0.6 is 0 Å². The van der Waals surface area contributed by atoms with Gasteiger partial charge >= 0.3 is 0 Å². The molecule has 76 valence electrons. The Balaban J connectivity index is 3.22. The van der Waals surface area contributed by atoms with E-state index in [-0.39, 0.29) is 5.41 Å². The third-order valence-electron chi connectivity index (χ3n) is 1.81. The van der Waals surface area contributed by atoms with Gasteiger partial charge in [0.15, 0.2) is 0 Å². The summed E-state index contributed by atoms with van der Waals surface area (Å²) in [6, 6.07) is 2.24. The first kappa shape index (κ1) is 12.4. The average Bonchev–Trinajstić information content (AvgIpc) is 2.11. The molecule has 0 aliphatic carbocycles. The molecule has 0 atom stereocenters. The predicted octanol–water partition coefficient (Wildman–Crippen LogP) is 1.98. The predicted molar refractivity (Wildman–Crippen MR) is 51.3 cm³/mol. The first-order valence-electron chi connectivity index (χ1n) is 4.60. The van der Waals surface area contributed by atoms with Gasteiger partial charge in [0.25, 0.3) is 0 Å². The molecule has 3 heteroatoms. The second-order valence-electron chi connectivity index (χ2n) is 3.70. The van der Waals surface area contributed by atoms with E-state index in [2.05, 4.69) is 6.07 Å². The minimum atomic E-state index is -0.263. The van der Waals surface area contributed by atoms with Crippen LogP contribution in [0.15, 0.2) is 0 Å². The van der Waals surface area contributed by atoms with Crippen molar-refractivity contribution in [1.29, 1.82) is 5.26 Å². The van der Waals surface area contributed by atoms with Crippen LogP contribution in [-0.4, -0.2) is 26.9 Å². The van der Waals surface area contributed by atoms with Crippen molar-refractivity contribution >= 4 is 0 Å². The molecule has 0 fully saturated rings. The molecular weight excluding hydrogens is 166 g/mol. The van der Waals surface area contributed by atoms with Crippen LogP contribution in [0.3, 0.4) is 0 Å². The Morgan fingerprint density at radius 2 is 1.92 bits per heavy atom. The van der Waals surface area contributed by atoms with Crippen LogP contribution in [0, 0.1) is 16.7 Å². The number of hydrogen-bond acceptors (Lipinski definition) is 3. The summed E-state index contributed by atoms with van der Waals surface area (Å²) >= 11 is 0. The third kappa shape index (κ3) is 7.76. The highest BCUT2D eigenvalue weighted by atomic mass is 16.5. The van der Waals surface area contributed by atoms with Gasteiger partial charge in [-0.2, -0.15) is 5.26 Å². The van der Waals surface area contributed by atoms with E-state index in [4.69, 9.17) is 14.7 Å². The molecule has 3 nitrogen and oxygen atoms in total. The van der Waals surface area contributed by atoms with Gasteiger partial charge < -0.3 is 9.47 Å². The number of nitriles is 1. The maximum Gasteiger partial charge on any atom is 0.0684 e.